The van der Waals surface area contributed by atoms with Crippen molar-refractivity contribution in [3.05, 3.63) is 12.2 Å². The number of nitrogens with one attached hydrogen (secondary N) is 1. The van der Waals surface area contributed by atoms with Crippen molar-refractivity contribution in [3.63, 3.8) is 0 Å². The Kier molecular flexibility index (Phi) is 7.83. The largest absolute Gasteiger partial charge is 0.351 e. The second kappa shape index (κ2) is 8.91. The number of rotatable bonds is 6. The first-order chi connectivity index (χ1) is 8.54. The second-order valence-corrected chi connectivity index (χ2v) is 3.32. The van der Waals surface area contributed by atoms with Gasteiger partial charge in [-0.3, -0.25) is 19.3 Å². The van der Waals surface area contributed by atoms with E-state index in [9.17, 15) is 19.2 Å². The molecule has 7 heteroatoms. The molecule has 0 bridgehead atoms. The van der Waals surface area contributed by atoms with Gasteiger partial charge in [-0.15, -0.1) is 0 Å². The van der Waals surface area contributed by atoms with E-state index in [4.69, 9.17) is 0 Å². The van der Waals surface area contributed by atoms with Crippen molar-refractivity contribution < 1.29 is 24.0 Å². The van der Waals surface area contributed by atoms with Crippen molar-refractivity contribution in [2.24, 2.45) is 0 Å². The molecule has 0 aliphatic rings. The smallest absolute Gasteiger partial charge is 0.339 e. The normalized spacial score (nSPS) is 9.89. The first-order valence-corrected chi connectivity index (χ1v) is 5.42. The van der Waals surface area contributed by atoms with Gasteiger partial charge in [0.05, 0.1) is 0 Å². The summed E-state index contributed by atoms with van der Waals surface area (Å²) in [6.07, 6.45) is 3.63. The van der Waals surface area contributed by atoms with Gasteiger partial charge < -0.3 is 4.84 Å². The van der Waals surface area contributed by atoms with Crippen LogP contribution in [0.4, 0.5) is 0 Å². The van der Waals surface area contributed by atoms with Gasteiger partial charge in [-0.05, 0) is 19.4 Å². The Labute approximate surface area is 105 Å². The lowest BCUT2D eigenvalue weighted by Gasteiger charge is -2.12. The van der Waals surface area contributed by atoms with E-state index in [1.54, 1.807) is 13.8 Å². The molecule has 0 spiro atoms. The molecule has 0 rings (SSSR count). The average molecular weight is 256 g/mol. The topological polar surface area (TPSA) is 92.8 Å². The Morgan fingerprint density at radius 3 is 2.50 bits per heavy atom. The van der Waals surface area contributed by atoms with Gasteiger partial charge in [0, 0.05) is 6.42 Å². The number of carbonyl (C=O) groups is 4. The highest BCUT2D eigenvalue weighted by Crippen LogP contribution is 1.90. The zero-order valence-electron chi connectivity index (χ0n) is 10.3. The van der Waals surface area contributed by atoms with Crippen LogP contribution in [0.2, 0.25) is 0 Å². The Morgan fingerprint density at radius 2 is 2.00 bits per heavy atom. The van der Waals surface area contributed by atoms with Crippen molar-refractivity contribution in [2.75, 3.05) is 6.54 Å². The monoisotopic (exact) mass is 256 g/mol. The second-order valence-electron chi connectivity index (χ2n) is 3.32. The van der Waals surface area contributed by atoms with Crippen molar-refractivity contribution in [1.29, 1.82) is 0 Å². The summed E-state index contributed by atoms with van der Waals surface area (Å²) in [6.45, 7) is 2.84. The van der Waals surface area contributed by atoms with Crippen molar-refractivity contribution >= 4 is 24.2 Å². The number of imide groups is 1. The summed E-state index contributed by atoms with van der Waals surface area (Å²) in [6, 6.07) is 0. The lowest BCUT2D eigenvalue weighted by molar-refractivity contribution is -0.161. The molecule has 0 unspecified atom stereocenters. The minimum Gasteiger partial charge on any atom is -0.339 e. The fourth-order valence-electron chi connectivity index (χ4n) is 0.969. The quantitative estimate of drug-likeness (QED) is 0.407. The summed E-state index contributed by atoms with van der Waals surface area (Å²) < 4.78 is 0. The molecule has 1 N–H and O–H groups in total. The summed E-state index contributed by atoms with van der Waals surface area (Å²) in [5.41, 5.74) is 1.92. The molecule has 3 amide bonds. The molecule has 0 aromatic heterocycles. The van der Waals surface area contributed by atoms with Crippen LogP contribution in [0.25, 0.3) is 0 Å². The van der Waals surface area contributed by atoms with Crippen LogP contribution in [-0.2, 0) is 24.0 Å². The van der Waals surface area contributed by atoms with Gasteiger partial charge in [0.15, 0.2) is 0 Å². The third-order valence-corrected chi connectivity index (χ3v) is 1.77. The third kappa shape index (κ3) is 6.41. The highest BCUT2D eigenvalue weighted by molar-refractivity contribution is 5.97. The molecule has 0 aliphatic heterocycles. The number of hydrogen-bond donors (Lipinski definition) is 1. The molecular formula is C11H16N2O5. The lowest BCUT2D eigenvalue weighted by atomic mass is 10.3. The highest BCUT2D eigenvalue weighted by atomic mass is 16.7. The SMILES string of the molecule is C/C=C\C(=O)N(C=O)CC(=O)ONC(=O)CCC. The highest BCUT2D eigenvalue weighted by Gasteiger charge is 2.16. The molecule has 0 aromatic carbocycles. The van der Waals surface area contributed by atoms with Crippen LogP contribution in [0.15, 0.2) is 12.2 Å². The predicted molar refractivity (Wildman–Crippen MR) is 61.7 cm³/mol. The summed E-state index contributed by atoms with van der Waals surface area (Å²) in [5, 5.41) is 0. The molecule has 0 radical (unpaired) electrons. The van der Waals surface area contributed by atoms with Crippen molar-refractivity contribution in [2.45, 2.75) is 26.7 Å². The molecule has 18 heavy (non-hydrogen) atoms. The number of hydroxylamine groups is 1. The molecule has 7 nitrogen and oxygen atoms in total. The molecule has 0 atom stereocenters. The minimum atomic E-state index is -0.899. The molecule has 0 aromatic rings. The molecule has 0 fully saturated rings. The van der Waals surface area contributed by atoms with Crippen LogP contribution < -0.4 is 5.48 Å². The van der Waals surface area contributed by atoms with Crippen molar-refractivity contribution in [1.82, 2.24) is 10.4 Å². The maximum atomic E-state index is 11.3. The van der Waals surface area contributed by atoms with Gasteiger partial charge in [0.25, 0.3) is 11.8 Å². The molecule has 0 aliphatic carbocycles. The van der Waals surface area contributed by atoms with E-state index in [0.29, 0.717) is 11.3 Å². The number of hydrogen-bond acceptors (Lipinski definition) is 5. The zero-order valence-corrected chi connectivity index (χ0v) is 10.3. The fourth-order valence-corrected chi connectivity index (χ4v) is 0.969. The van der Waals surface area contributed by atoms with Crippen LogP contribution in [0, 0.1) is 0 Å². The van der Waals surface area contributed by atoms with Crippen LogP contribution in [-0.4, -0.2) is 35.6 Å². The fraction of sp³-hybridized carbons (Fsp3) is 0.455. The van der Waals surface area contributed by atoms with E-state index < -0.39 is 24.3 Å². The van der Waals surface area contributed by atoms with E-state index in [0.717, 1.165) is 6.08 Å². The Morgan fingerprint density at radius 1 is 1.33 bits per heavy atom. The van der Waals surface area contributed by atoms with E-state index in [2.05, 4.69) is 4.84 Å². The first-order valence-electron chi connectivity index (χ1n) is 5.42. The number of carbonyl (C=O) groups excluding carboxylic acids is 4. The van der Waals surface area contributed by atoms with Gasteiger partial charge in [-0.2, -0.15) is 5.48 Å². The summed E-state index contributed by atoms with van der Waals surface area (Å²) in [4.78, 5) is 49.1. The Bertz CT molecular complexity index is 351. The standard InChI is InChI=1S/C11H16N2O5/c1-3-5-9(15)12-18-11(17)7-13(8-14)10(16)6-4-2/h4,6,8H,3,5,7H2,1-2H3,(H,12,15)/b6-4-. The van der Waals surface area contributed by atoms with E-state index >= 15 is 0 Å². The molecule has 0 saturated heterocycles. The molecule has 0 saturated carbocycles. The molecule has 0 heterocycles. The maximum Gasteiger partial charge on any atom is 0.351 e. The molecular weight excluding hydrogens is 240 g/mol. The number of nitrogens with zero attached hydrogens (tertiary/aromatic N) is 1. The summed E-state index contributed by atoms with van der Waals surface area (Å²) in [5.74, 6) is -1.97. The van der Waals surface area contributed by atoms with Crippen LogP contribution in [0.5, 0.6) is 0 Å². The third-order valence-electron chi connectivity index (χ3n) is 1.77. The van der Waals surface area contributed by atoms with Gasteiger partial charge in [0.1, 0.15) is 6.54 Å². The van der Waals surface area contributed by atoms with Gasteiger partial charge in [-0.25, -0.2) is 4.79 Å². The van der Waals surface area contributed by atoms with Crippen molar-refractivity contribution in [3.8, 4) is 0 Å². The van der Waals surface area contributed by atoms with Gasteiger partial charge >= 0.3 is 5.97 Å². The van der Waals surface area contributed by atoms with Gasteiger partial charge in [-0.1, -0.05) is 13.0 Å². The first kappa shape index (κ1) is 15.8. The lowest BCUT2D eigenvalue weighted by Crippen LogP contribution is -2.37. The van der Waals surface area contributed by atoms with E-state index in [-0.39, 0.29) is 12.8 Å². The Hall–Kier alpha value is -2.18. The number of allylic oxidation sites excluding steroid dienone is 1. The number of amides is 3. The zero-order chi connectivity index (χ0) is 14.0. The predicted octanol–water partition coefficient (Wildman–Crippen LogP) is -0.0780. The van der Waals surface area contributed by atoms with Crippen LogP contribution in [0.3, 0.4) is 0 Å². The summed E-state index contributed by atoms with van der Waals surface area (Å²) >= 11 is 0. The van der Waals surface area contributed by atoms with E-state index in [1.165, 1.54) is 6.08 Å². The Balaban J connectivity index is 4.16. The van der Waals surface area contributed by atoms with Crippen LogP contribution >= 0.6 is 0 Å². The maximum absolute atomic E-state index is 11.3. The minimum absolute atomic E-state index is 0.220. The average Bonchev–Trinajstić information content (AvgIpc) is 2.34. The van der Waals surface area contributed by atoms with Crippen LogP contribution in [0.1, 0.15) is 26.7 Å². The molecule has 100 valence electrons. The van der Waals surface area contributed by atoms with Gasteiger partial charge in [0.2, 0.25) is 6.41 Å². The van der Waals surface area contributed by atoms with E-state index in [1.807, 2.05) is 5.48 Å². The summed E-state index contributed by atoms with van der Waals surface area (Å²) in [7, 11) is 0.